The highest BCUT2D eigenvalue weighted by Crippen LogP contribution is 2.23. The van der Waals surface area contributed by atoms with Gasteiger partial charge in [-0.3, -0.25) is 14.9 Å². The van der Waals surface area contributed by atoms with Crippen molar-refractivity contribution >= 4 is 38.2 Å². The molecule has 0 fully saturated rings. The van der Waals surface area contributed by atoms with Gasteiger partial charge in [-0.1, -0.05) is 31.9 Å². The van der Waals surface area contributed by atoms with Crippen LogP contribution >= 0.6 is 11.3 Å². The fourth-order valence-electron chi connectivity index (χ4n) is 2.09. The van der Waals surface area contributed by atoms with Crippen LogP contribution in [0.15, 0.2) is 34.7 Å². The topological polar surface area (TPSA) is 102 Å². The van der Waals surface area contributed by atoms with Crippen molar-refractivity contribution in [3.05, 3.63) is 35.2 Å². The van der Waals surface area contributed by atoms with Gasteiger partial charge < -0.3 is 4.74 Å². The molecule has 0 bridgehead atoms. The van der Waals surface area contributed by atoms with E-state index in [1.54, 1.807) is 12.1 Å². The average molecular weight is 396 g/mol. The maximum atomic E-state index is 12.5. The second kappa shape index (κ2) is 8.91. The standard InChI is InChI=1S/C17H20N2O5S2/c1-3-4-5-10-15(20)24-13-9-7-6-8-12(13)16(21)19-17-18-14(11-25-17)26(2,22)23/h6-9,11H,3-5,10H2,1-2H3,(H,18,19,21). The first-order chi connectivity index (χ1) is 12.3. The fourth-order valence-corrected chi connectivity index (χ4v) is 3.81. The molecule has 7 nitrogen and oxygen atoms in total. The Morgan fingerprint density at radius 1 is 1.23 bits per heavy atom. The Morgan fingerprint density at radius 2 is 1.96 bits per heavy atom. The number of unbranched alkanes of at least 4 members (excludes halogenated alkanes) is 2. The first kappa shape index (κ1) is 20.1. The van der Waals surface area contributed by atoms with Crippen molar-refractivity contribution in [2.45, 2.75) is 37.6 Å². The maximum Gasteiger partial charge on any atom is 0.311 e. The molecule has 1 heterocycles. The zero-order valence-corrected chi connectivity index (χ0v) is 16.2. The summed E-state index contributed by atoms with van der Waals surface area (Å²) in [6, 6.07) is 6.37. The molecule has 0 atom stereocenters. The number of rotatable bonds is 8. The molecule has 0 radical (unpaired) electrons. The third-order valence-corrected chi connectivity index (χ3v) is 5.30. The van der Waals surface area contributed by atoms with E-state index in [2.05, 4.69) is 10.3 Å². The van der Waals surface area contributed by atoms with Gasteiger partial charge in [-0.25, -0.2) is 13.4 Å². The lowest BCUT2D eigenvalue weighted by molar-refractivity contribution is -0.134. The first-order valence-corrected chi connectivity index (χ1v) is 10.8. The molecular weight excluding hydrogens is 376 g/mol. The Labute approximate surface area is 156 Å². The van der Waals surface area contributed by atoms with Crippen molar-refractivity contribution in [2.75, 3.05) is 11.6 Å². The highest BCUT2D eigenvalue weighted by Gasteiger charge is 2.18. The van der Waals surface area contributed by atoms with E-state index >= 15 is 0 Å². The van der Waals surface area contributed by atoms with E-state index < -0.39 is 21.7 Å². The number of anilines is 1. The van der Waals surface area contributed by atoms with Gasteiger partial charge in [0, 0.05) is 18.1 Å². The molecule has 2 rings (SSSR count). The predicted octanol–water partition coefficient (Wildman–Crippen LogP) is 3.28. The number of carbonyl (C=O) groups is 2. The van der Waals surface area contributed by atoms with Gasteiger partial charge in [-0.15, -0.1) is 11.3 Å². The normalized spacial score (nSPS) is 11.2. The molecule has 0 saturated heterocycles. The van der Waals surface area contributed by atoms with Crippen molar-refractivity contribution in [1.29, 1.82) is 0 Å². The number of nitrogens with zero attached hydrogens (tertiary/aromatic N) is 1. The summed E-state index contributed by atoms with van der Waals surface area (Å²) in [5.74, 6) is -0.768. The molecule has 2 aromatic rings. The van der Waals surface area contributed by atoms with Gasteiger partial charge in [0.2, 0.25) is 0 Å². The van der Waals surface area contributed by atoms with Gasteiger partial charge in [0.1, 0.15) is 5.75 Å². The average Bonchev–Trinajstić information content (AvgIpc) is 3.04. The van der Waals surface area contributed by atoms with E-state index in [0.717, 1.165) is 36.9 Å². The summed E-state index contributed by atoms with van der Waals surface area (Å²) in [5, 5.41) is 3.93. The third kappa shape index (κ3) is 5.63. The van der Waals surface area contributed by atoms with Gasteiger partial charge in [0.15, 0.2) is 20.0 Å². The zero-order chi connectivity index (χ0) is 19.2. The van der Waals surface area contributed by atoms with Crippen molar-refractivity contribution in [3.8, 4) is 5.75 Å². The molecular formula is C17H20N2O5S2. The van der Waals surface area contributed by atoms with Crippen molar-refractivity contribution in [1.82, 2.24) is 4.98 Å². The molecule has 1 aromatic heterocycles. The van der Waals surface area contributed by atoms with Crippen LogP contribution in [0.3, 0.4) is 0 Å². The van der Waals surface area contributed by atoms with Crippen LogP contribution in [0, 0.1) is 0 Å². The molecule has 0 aliphatic heterocycles. The van der Waals surface area contributed by atoms with E-state index in [1.807, 2.05) is 6.92 Å². The van der Waals surface area contributed by atoms with Crippen LogP contribution in [0.4, 0.5) is 5.13 Å². The monoisotopic (exact) mass is 396 g/mol. The molecule has 0 spiro atoms. The lowest BCUT2D eigenvalue weighted by Gasteiger charge is -2.09. The minimum atomic E-state index is -3.44. The quantitative estimate of drug-likeness (QED) is 0.417. The summed E-state index contributed by atoms with van der Waals surface area (Å²) >= 11 is 1.00. The summed E-state index contributed by atoms with van der Waals surface area (Å²) in [6.07, 6.45) is 3.99. The summed E-state index contributed by atoms with van der Waals surface area (Å²) in [4.78, 5) is 28.2. The summed E-state index contributed by atoms with van der Waals surface area (Å²) < 4.78 is 28.2. The molecule has 9 heteroatoms. The smallest absolute Gasteiger partial charge is 0.311 e. The minimum absolute atomic E-state index is 0.103. The second-order valence-corrected chi connectivity index (χ2v) is 8.47. The highest BCUT2D eigenvalue weighted by molar-refractivity contribution is 7.90. The lowest BCUT2D eigenvalue weighted by Crippen LogP contribution is -2.16. The van der Waals surface area contributed by atoms with E-state index in [4.69, 9.17) is 4.74 Å². The fraction of sp³-hybridized carbons (Fsp3) is 0.353. The largest absolute Gasteiger partial charge is 0.426 e. The molecule has 1 N–H and O–H groups in total. The van der Waals surface area contributed by atoms with E-state index in [9.17, 15) is 18.0 Å². The minimum Gasteiger partial charge on any atom is -0.426 e. The SMILES string of the molecule is CCCCCC(=O)Oc1ccccc1C(=O)Nc1nc(S(C)(=O)=O)cs1. The van der Waals surface area contributed by atoms with Crippen LogP contribution in [0.2, 0.25) is 0 Å². The summed E-state index contributed by atoms with van der Waals surface area (Å²) in [6.45, 7) is 2.04. The van der Waals surface area contributed by atoms with Crippen LogP contribution < -0.4 is 10.1 Å². The number of esters is 1. The van der Waals surface area contributed by atoms with Crippen LogP contribution in [0.25, 0.3) is 0 Å². The number of benzene rings is 1. The zero-order valence-electron chi connectivity index (χ0n) is 14.5. The molecule has 1 amide bonds. The molecule has 0 aliphatic carbocycles. The molecule has 1 aromatic carbocycles. The van der Waals surface area contributed by atoms with Crippen LogP contribution in [0.5, 0.6) is 5.75 Å². The highest BCUT2D eigenvalue weighted by atomic mass is 32.2. The Kier molecular flexibility index (Phi) is 6.87. The van der Waals surface area contributed by atoms with E-state index in [0.29, 0.717) is 0 Å². The van der Waals surface area contributed by atoms with Gasteiger partial charge in [0.05, 0.1) is 5.56 Å². The number of carbonyl (C=O) groups excluding carboxylic acids is 2. The Morgan fingerprint density at radius 3 is 2.62 bits per heavy atom. The number of hydrogen-bond donors (Lipinski definition) is 1. The second-order valence-electron chi connectivity index (χ2n) is 5.64. The van der Waals surface area contributed by atoms with Crippen molar-refractivity contribution < 1.29 is 22.7 Å². The molecule has 140 valence electrons. The van der Waals surface area contributed by atoms with Crippen LogP contribution in [-0.4, -0.2) is 31.5 Å². The first-order valence-electron chi connectivity index (χ1n) is 8.08. The van der Waals surface area contributed by atoms with Gasteiger partial charge in [-0.05, 0) is 18.6 Å². The van der Waals surface area contributed by atoms with E-state index in [1.165, 1.54) is 17.5 Å². The van der Waals surface area contributed by atoms with Crippen molar-refractivity contribution in [2.24, 2.45) is 0 Å². The number of aromatic nitrogens is 1. The molecule has 0 saturated carbocycles. The number of nitrogens with one attached hydrogen (secondary N) is 1. The third-order valence-electron chi connectivity index (χ3n) is 3.42. The number of thiazole rings is 1. The predicted molar refractivity (Wildman–Crippen MR) is 99.4 cm³/mol. The number of sulfone groups is 1. The lowest BCUT2D eigenvalue weighted by atomic mass is 10.2. The molecule has 26 heavy (non-hydrogen) atoms. The summed E-state index contributed by atoms with van der Waals surface area (Å²) in [7, 11) is -3.44. The maximum absolute atomic E-state index is 12.5. The Balaban J connectivity index is 2.09. The molecule has 0 unspecified atom stereocenters. The molecule has 0 aliphatic rings. The Hall–Kier alpha value is -2.26. The van der Waals surface area contributed by atoms with Crippen molar-refractivity contribution in [3.63, 3.8) is 0 Å². The van der Waals surface area contributed by atoms with Gasteiger partial charge in [0.25, 0.3) is 5.91 Å². The number of hydrogen-bond acceptors (Lipinski definition) is 7. The number of amides is 1. The van der Waals surface area contributed by atoms with Gasteiger partial charge >= 0.3 is 5.97 Å². The number of para-hydroxylation sites is 1. The van der Waals surface area contributed by atoms with Crippen LogP contribution in [-0.2, 0) is 14.6 Å². The Bertz CT molecular complexity index is 890. The van der Waals surface area contributed by atoms with Gasteiger partial charge in [-0.2, -0.15) is 0 Å². The van der Waals surface area contributed by atoms with E-state index in [-0.39, 0.29) is 27.9 Å². The summed E-state index contributed by atoms with van der Waals surface area (Å²) in [5.41, 5.74) is 0.174. The van der Waals surface area contributed by atoms with Crippen LogP contribution in [0.1, 0.15) is 43.0 Å². The number of ether oxygens (including phenoxy) is 1.